The number of hydrogen-bond donors (Lipinski definition) is 0. The highest BCUT2D eigenvalue weighted by Gasteiger charge is 2.15. The monoisotopic (exact) mass is 249 g/mol. The zero-order valence-corrected chi connectivity index (χ0v) is 10.1. The lowest BCUT2D eigenvalue weighted by atomic mass is 10.3. The van der Waals surface area contributed by atoms with Gasteiger partial charge in [-0.25, -0.2) is 14.3 Å². The van der Waals surface area contributed by atoms with Gasteiger partial charge in [-0.05, 0) is 13.0 Å². The van der Waals surface area contributed by atoms with E-state index in [1.165, 1.54) is 24.7 Å². The maximum Gasteiger partial charge on any atom is 0.356 e. The summed E-state index contributed by atoms with van der Waals surface area (Å²) in [4.78, 5) is 26.4. The molecule has 0 N–H and O–H groups in total. The summed E-state index contributed by atoms with van der Waals surface area (Å²) in [5.41, 5.74) is 1.11. The van der Waals surface area contributed by atoms with Crippen LogP contribution >= 0.6 is 0 Å². The summed E-state index contributed by atoms with van der Waals surface area (Å²) in [5.74, 6) is -0.834. The number of nitrogens with zero attached hydrogens (tertiary/aromatic N) is 3. The summed E-state index contributed by atoms with van der Waals surface area (Å²) in [7, 11) is 1.27. The molecule has 7 heteroatoms. The van der Waals surface area contributed by atoms with Crippen molar-refractivity contribution in [2.75, 3.05) is 7.11 Å². The second kappa shape index (κ2) is 4.44. The molecule has 0 bridgehead atoms. The van der Waals surface area contributed by atoms with Gasteiger partial charge < -0.3 is 9.47 Å². The molecule has 0 unspecified atom stereocenters. The van der Waals surface area contributed by atoms with E-state index < -0.39 is 11.9 Å². The van der Waals surface area contributed by atoms with Crippen LogP contribution in [0, 0.1) is 6.92 Å². The van der Waals surface area contributed by atoms with Gasteiger partial charge in [0, 0.05) is 12.6 Å². The van der Waals surface area contributed by atoms with Crippen molar-refractivity contribution >= 4 is 17.6 Å². The topological polar surface area (TPSA) is 82.8 Å². The van der Waals surface area contributed by atoms with Gasteiger partial charge in [-0.1, -0.05) is 0 Å². The number of esters is 2. The molecular weight excluding hydrogens is 238 g/mol. The average Bonchev–Trinajstić information content (AvgIpc) is 2.71. The fraction of sp³-hybridized carbons (Fsp3) is 0.273. The molecule has 2 aromatic heterocycles. The zero-order chi connectivity index (χ0) is 13.3. The Balaban J connectivity index is 2.60. The molecule has 2 aromatic rings. The van der Waals surface area contributed by atoms with Gasteiger partial charge in [-0.15, -0.1) is 0 Å². The summed E-state index contributed by atoms with van der Waals surface area (Å²) in [5, 5.41) is 4.02. The van der Waals surface area contributed by atoms with Gasteiger partial charge in [-0.2, -0.15) is 5.10 Å². The predicted octanol–water partition coefficient (Wildman–Crippen LogP) is 0.750. The highest BCUT2D eigenvalue weighted by molar-refractivity contribution is 5.88. The molecule has 0 saturated heterocycles. The van der Waals surface area contributed by atoms with Gasteiger partial charge in [0.15, 0.2) is 17.1 Å². The van der Waals surface area contributed by atoms with Gasteiger partial charge in [0.2, 0.25) is 0 Å². The van der Waals surface area contributed by atoms with Crippen LogP contribution in [0.1, 0.15) is 23.1 Å². The standard InChI is InChI=1S/C11H11N3O4/c1-6-4-8(11(16)17-3)13-10-9(18-7(2)15)5-12-14(6)10/h4-5H,1-3H3. The van der Waals surface area contributed by atoms with Gasteiger partial charge in [0.1, 0.15) is 0 Å². The average molecular weight is 249 g/mol. The fourth-order valence-corrected chi connectivity index (χ4v) is 1.53. The Hall–Kier alpha value is -2.44. The molecule has 0 atom stereocenters. The van der Waals surface area contributed by atoms with E-state index in [2.05, 4.69) is 14.8 Å². The van der Waals surface area contributed by atoms with Crippen molar-refractivity contribution in [1.82, 2.24) is 14.6 Å². The summed E-state index contributed by atoms with van der Waals surface area (Å²) in [6.07, 6.45) is 1.37. The van der Waals surface area contributed by atoms with Crippen molar-refractivity contribution in [3.8, 4) is 5.75 Å². The van der Waals surface area contributed by atoms with Gasteiger partial charge in [0.25, 0.3) is 0 Å². The van der Waals surface area contributed by atoms with Crippen LogP contribution < -0.4 is 4.74 Å². The first-order chi connectivity index (χ1) is 8.52. The molecule has 0 aliphatic heterocycles. The van der Waals surface area contributed by atoms with Crippen molar-refractivity contribution in [2.45, 2.75) is 13.8 Å². The van der Waals surface area contributed by atoms with E-state index in [0.29, 0.717) is 11.3 Å². The SMILES string of the molecule is COC(=O)c1cc(C)n2ncc(OC(C)=O)c2n1. The summed E-state index contributed by atoms with van der Waals surface area (Å²) < 4.78 is 11.0. The molecule has 0 aromatic carbocycles. The number of hydrogen-bond acceptors (Lipinski definition) is 6. The van der Waals surface area contributed by atoms with Crippen LogP contribution in [-0.4, -0.2) is 33.6 Å². The Kier molecular flexibility index (Phi) is 2.97. The molecule has 2 rings (SSSR count). The molecule has 0 aliphatic rings. The maximum absolute atomic E-state index is 11.4. The fourth-order valence-electron chi connectivity index (χ4n) is 1.53. The van der Waals surface area contributed by atoms with Crippen LogP contribution in [0.5, 0.6) is 5.75 Å². The van der Waals surface area contributed by atoms with E-state index in [4.69, 9.17) is 4.74 Å². The van der Waals surface area contributed by atoms with Crippen molar-refractivity contribution in [3.63, 3.8) is 0 Å². The number of aromatic nitrogens is 3. The smallest absolute Gasteiger partial charge is 0.356 e. The number of carbonyl (C=O) groups excluding carboxylic acids is 2. The highest BCUT2D eigenvalue weighted by atomic mass is 16.5. The molecule has 0 radical (unpaired) electrons. The van der Waals surface area contributed by atoms with Crippen molar-refractivity contribution in [2.24, 2.45) is 0 Å². The first-order valence-electron chi connectivity index (χ1n) is 5.15. The molecule has 0 fully saturated rings. The minimum atomic E-state index is -0.560. The second-order valence-corrected chi connectivity index (χ2v) is 3.61. The Morgan fingerprint density at radius 2 is 2.11 bits per heavy atom. The molecule has 0 saturated carbocycles. The first-order valence-corrected chi connectivity index (χ1v) is 5.15. The van der Waals surface area contributed by atoms with Crippen LogP contribution in [0.15, 0.2) is 12.3 Å². The minimum Gasteiger partial charge on any atom is -0.464 e. The van der Waals surface area contributed by atoms with Crippen molar-refractivity contribution in [1.29, 1.82) is 0 Å². The zero-order valence-electron chi connectivity index (χ0n) is 10.1. The summed E-state index contributed by atoms with van der Waals surface area (Å²) in [6.45, 7) is 3.03. The lowest BCUT2D eigenvalue weighted by Gasteiger charge is -2.03. The third-order valence-electron chi connectivity index (χ3n) is 2.27. The molecule has 0 spiro atoms. The quantitative estimate of drug-likeness (QED) is 0.730. The third-order valence-corrected chi connectivity index (χ3v) is 2.27. The normalized spacial score (nSPS) is 10.4. The largest absolute Gasteiger partial charge is 0.464 e. The van der Waals surface area contributed by atoms with E-state index in [9.17, 15) is 9.59 Å². The Labute approximate surface area is 102 Å². The van der Waals surface area contributed by atoms with E-state index >= 15 is 0 Å². The molecule has 94 valence electrons. The lowest BCUT2D eigenvalue weighted by Crippen LogP contribution is -2.08. The number of methoxy groups -OCH3 is 1. The van der Waals surface area contributed by atoms with Crippen molar-refractivity contribution in [3.05, 3.63) is 23.7 Å². The van der Waals surface area contributed by atoms with E-state index in [-0.39, 0.29) is 11.4 Å². The molecule has 2 heterocycles. The van der Waals surface area contributed by atoms with E-state index in [1.54, 1.807) is 13.0 Å². The predicted molar refractivity (Wildman–Crippen MR) is 60.4 cm³/mol. The lowest BCUT2D eigenvalue weighted by molar-refractivity contribution is -0.131. The summed E-state index contributed by atoms with van der Waals surface area (Å²) >= 11 is 0. The van der Waals surface area contributed by atoms with Crippen LogP contribution in [0.3, 0.4) is 0 Å². The third kappa shape index (κ3) is 2.02. The molecular formula is C11H11N3O4. The summed E-state index contributed by atoms with van der Waals surface area (Å²) in [6, 6.07) is 1.55. The second-order valence-electron chi connectivity index (χ2n) is 3.61. The van der Waals surface area contributed by atoms with Gasteiger partial charge >= 0.3 is 11.9 Å². The number of ether oxygens (including phenoxy) is 2. The van der Waals surface area contributed by atoms with Crippen LogP contribution in [0.4, 0.5) is 0 Å². The number of fused-ring (bicyclic) bond motifs is 1. The highest BCUT2D eigenvalue weighted by Crippen LogP contribution is 2.19. The Morgan fingerprint density at radius 1 is 1.39 bits per heavy atom. The molecule has 18 heavy (non-hydrogen) atoms. The van der Waals surface area contributed by atoms with E-state index in [1.807, 2.05) is 0 Å². The maximum atomic E-state index is 11.4. The molecule has 0 amide bonds. The van der Waals surface area contributed by atoms with Crippen LogP contribution in [0.25, 0.3) is 5.65 Å². The Morgan fingerprint density at radius 3 is 2.72 bits per heavy atom. The number of aryl methyl sites for hydroxylation is 1. The first kappa shape index (κ1) is 12.0. The van der Waals surface area contributed by atoms with Crippen LogP contribution in [-0.2, 0) is 9.53 Å². The Bertz CT molecular complexity index is 632. The van der Waals surface area contributed by atoms with Gasteiger partial charge in [-0.3, -0.25) is 4.79 Å². The molecule has 7 nitrogen and oxygen atoms in total. The number of carbonyl (C=O) groups is 2. The van der Waals surface area contributed by atoms with Crippen LogP contribution in [0.2, 0.25) is 0 Å². The van der Waals surface area contributed by atoms with E-state index in [0.717, 1.165) is 0 Å². The number of rotatable bonds is 2. The van der Waals surface area contributed by atoms with Gasteiger partial charge in [0.05, 0.1) is 13.3 Å². The van der Waals surface area contributed by atoms with Crippen molar-refractivity contribution < 1.29 is 19.1 Å². The minimum absolute atomic E-state index is 0.136. The molecule has 0 aliphatic carbocycles.